The van der Waals surface area contributed by atoms with Gasteiger partial charge in [0.05, 0.1) is 0 Å². The van der Waals surface area contributed by atoms with Crippen molar-refractivity contribution >= 4 is 21.9 Å². The van der Waals surface area contributed by atoms with Crippen LogP contribution >= 0.6 is 7.60 Å². The van der Waals surface area contributed by atoms with E-state index in [1.54, 1.807) is 33.5 Å². The topological polar surface area (TPSA) is 83.8 Å². The molecule has 0 aromatic heterocycles. The van der Waals surface area contributed by atoms with Gasteiger partial charge in [0.25, 0.3) is 0 Å². The molecule has 5 nitrogen and oxygen atoms in total. The van der Waals surface area contributed by atoms with Crippen LogP contribution in [0, 0.1) is 0 Å². The van der Waals surface area contributed by atoms with Crippen molar-refractivity contribution in [2.75, 3.05) is 0 Å². The van der Waals surface area contributed by atoms with Gasteiger partial charge in [-0.25, -0.2) is 0 Å². The highest BCUT2D eigenvalue weighted by Gasteiger charge is 2.54. The maximum Gasteiger partial charge on any atom is 0.335 e. The fourth-order valence-electron chi connectivity index (χ4n) is 1.53. The lowest BCUT2D eigenvalue weighted by Gasteiger charge is -2.34. The van der Waals surface area contributed by atoms with Gasteiger partial charge in [-0.3, -0.25) is 9.36 Å². The summed E-state index contributed by atoms with van der Waals surface area (Å²) < 4.78 is 17.3. The summed E-state index contributed by atoms with van der Waals surface area (Å²) in [4.78, 5) is 21.1. The first-order valence-electron chi connectivity index (χ1n) is 5.29. The molecule has 0 spiro atoms. The van der Waals surface area contributed by atoms with E-state index < -0.39 is 27.0 Å². The predicted molar refractivity (Wildman–Crippen MR) is 65.2 cm³/mol. The summed E-state index contributed by atoms with van der Waals surface area (Å²) in [6, 6.07) is 0. The van der Waals surface area contributed by atoms with Gasteiger partial charge in [0.1, 0.15) is 0 Å². The number of hydrogen-bond acceptors (Lipinski definition) is 3. The van der Waals surface area contributed by atoms with Crippen LogP contribution in [0.25, 0.3) is 0 Å². The van der Waals surface area contributed by atoms with Crippen molar-refractivity contribution in [3.63, 3.8) is 0 Å². The quantitative estimate of drug-likeness (QED) is 0.571. The van der Waals surface area contributed by atoms with E-state index in [0.29, 0.717) is 0 Å². The van der Waals surface area contributed by atoms with E-state index in [-0.39, 0.29) is 12.8 Å². The van der Waals surface area contributed by atoms with Crippen LogP contribution in [0.3, 0.4) is 0 Å². The molecule has 0 aliphatic rings. The third-order valence-corrected chi connectivity index (χ3v) is 7.59. The molecule has 96 valence electrons. The molecule has 0 heterocycles. The van der Waals surface area contributed by atoms with Crippen molar-refractivity contribution in [3.05, 3.63) is 0 Å². The van der Waals surface area contributed by atoms with Crippen LogP contribution in [0.5, 0.6) is 0 Å². The highest BCUT2D eigenvalue weighted by molar-refractivity contribution is 7.57. The summed E-state index contributed by atoms with van der Waals surface area (Å²) in [7, 11) is -6.41. The highest BCUT2D eigenvalue weighted by atomic mass is 31.2. The fraction of sp³-hybridized carbons (Fsp3) is 0.889. The molecule has 2 N–H and O–H groups in total. The van der Waals surface area contributed by atoms with Crippen molar-refractivity contribution < 1.29 is 23.6 Å². The van der Waals surface area contributed by atoms with Crippen LogP contribution in [0.15, 0.2) is 0 Å². The van der Waals surface area contributed by atoms with E-state index in [4.69, 9.17) is 9.32 Å². The lowest BCUT2D eigenvalue weighted by molar-refractivity contribution is -0.140. The van der Waals surface area contributed by atoms with Gasteiger partial charge in [-0.15, -0.1) is 0 Å². The largest absolute Gasteiger partial charge is 0.480 e. The molecule has 0 fully saturated rings. The van der Waals surface area contributed by atoms with Crippen molar-refractivity contribution in [3.8, 4) is 0 Å². The Kier molecular flexibility index (Phi) is 4.95. The molecule has 0 amide bonds. The Morgan fingerprint density at radius 3 is 1.88 bits per heavy atom. The summed E-state index contributed by atoms with van der Waals surface area (Å²) in [6.45, 7) is 8.46. The van der Waals surface area contributed by atoms with E-state index in [0.717, 1.165) is 0 Å². The molecule has 0 rings (SSSR count). The molecule has 0 aliphatic heterocycles. The molecule has 1 atom stereocenters. The van der Waals surface area contributed by atoms with Crippen LogP contribution in [0.2, 0.25) is 19.6 Å². The van der Waals surface area contributed by atoms with Gasteiger partial charge >= 0.3 is 13.6 Å². The van der Waals surface area contributed by atoms with Gasteiger partial charge < -0.3 is 14.2 Å². The molecule has 0 radical (unpaired) electrons. The van der Waals surface area contributed by atoms with E-state index >= 15 is 0 Å². The van der Waals surface area contributed by atoms with Gasteiger partial charge in [-0.1, -0.05) is 13.8 Å². The van der Waals surface area contributed by atoms with E-state index in [1.807, 2.05) is 0 Å². The lowest BCUT2D eigenvalue weighted by atomic mass is 10.0. The summed E-state index contributed by atoms with van der Waals surface area (Å²) in [5.74, 6) is -1.26. The normalized spacial score (nSPS) is 16.9. The molecule has 0 aromatic rings. The van der Waals surface area contributed by atoms with Gasteiger partial charge in [-0.05, 0) is 32.5 Å². The van der Waals surface area contributed by atoms with Crippen molar-refractivity contribution in [2.45, 2.75) is 51.5 Å². The number of hydrogen-bond donors (Lipinski definition) is 2. The third-order valence-electron chi connectivity index (χ3n) is 2.51. The molecule has 0 aromatic carbocycles. The number of carboxylic acid groups (broad SMARTS) is 1. The molecule has 0 saturated heterocycles. The predicted octanol–water partition coefficient (Wildman–Crippen LogP) is 2.67. The van der Waals surface area contributed by atoms with Gasteiger partial charge in [0.15, 0.2) is 13.5 Å². The molecular weight excluding hydrogens is 247 g/mol. The van der Waals surface area contributed by atoms with Crippen LogP contribution in [0.4, 0.5) is 0 Å². The Hall–Kier alpha value is -0.163. The number of rotatable bonds is 6. The average Bonchev–Trinajstić information content (AvgIpc) is 2.00. The van der Waals surface area contributed by atoms with Crippen molar-refractivity contribution in [1.82, 2.24) is 0 Å². The molecule has 0 aliphatic carbocycles. The summed E-state index contributed by atoms with van der Waals surface area (Å²) >= 11 is 0. The molecule has 7 heteroatoms. The number of aliphatic carboxylic acids is 1. The Bertz CT molecular complexity index is 306. The fourth-order valence-corrected chi connectivity index (χ4v) is 6.24. The van der Waals surface area contributed by atoms with Crippen LogP contribution in [0.1, 0.15) is 26.7 Å². The first-order chi connectivity index (χ1) is 7.02. The Morgan fingerprint density at radius 1 is 1.31 bits per heavy atom. The first-order valence-corrected chi connectivity index (χ1v) is 10.3. The maximum absolute atomic E-state index is 12.1. The molecule has 0 saturated carbocycles. The zero-order valence-corrected chi connectivity index (χ0v) is 12.4. The van der Waals surface area contributed by atoms with Crippen molar-refractivity contribution in [1.29, 1.82) is 0 Å². The van der Waals surface area contributed by atoms with Gasteiger partial charge in [0.2, 0.25) is 0 Å². The van der Waals surface area contributed by atoms with E-state index in [1.165, 1.54) is 0 Å². The van der Waals surface area contributed by atoms with Gasteiger partial charge in [0, 0.05) is 0 Å². The van der Waals surface area contributed by atoms with Crippen LogP contribution in [-0.4, -0.2) is 29.4 Å². The second-order valence-corrected chi connectivity index (χ2v) is 11.6. The minimum absolute atomic E-state index is 0.0804. The monoisotopic (exact) mass is 268 g/mol. The average molecular weight is 268 g/mol. The molecule has 1 unspecified atom stereocenters. The summed E-state index contributed by atoms with van der Waals surface area (Å²) in [5.41, 5.74) is 0. The summed E-state index contributed by atoms with van der Waals surface area (Å²) in [6.07, 6.45) is 0.161. The molecule has 0 bridgehead atoms. The zero-order valence-electron chi connectivity index (χ0n) is 10.5. The van der Waals surface area contributed by atoms with E-state index in [2.05, 4.69) is 0 Å². The second kappa shape index (κ2) is 5.00. The van der Waals surface area contributed by atoms with E-state index in [9.17, 15) is 14.3 Å². The maximum atomic E-state index is 12.1. The van der Waals surface area contributed by atoms with Crippen molar-refractivity contribution in [2.24, 2.45) is 0 Å². The smallest absolute Gasteiger partial charge is 0.335 e. The Morgan fingerprint density at radius 2 is 1.69 bits per heavy atom. The lowest BCUT2D eigenvalue weighted by Crippen LogP contribution is -2.40. The first kappa shape index (κ1) is 15.8. The SMILES string of the molecule is CCC(CC)(C(=O)O)P(=O)(O)O[Si](C)(C)C. The molecular formula is C9H21O5PSi. The van der Waals surface area contributed by atoms with Gasteiger partial charge in [-0.2, -0.15) is 0 Å². The Labute approximate surface area is 97.5 Å². The highest BCUT2D eigenvalue weighted by Crippen LogP contribution is 2.60. The second-order valence-electron chi connectivity index (χ2n) is 4.77. The standard InChI is InChI=1S/C9H21O5PSi/c1-6-9(7-2,8(10)11)15(12,13)14-16(3,4)5/h6-7H2,1-5H3,(H,10,11)(H,12,13). The minimum atomic E-state index is -4.15. The zero-order chi connectivity index (χ0) is 13.2. The number of carbonyl (C=O) groups is 1. The number of carboxylic acids is 1. The third kappa shape index (κ3) is 3.17. The minimum Gasteiger partial charge on any atom is -0.480 e. The van der Waals surface area contributed by atoms with Crippen LogP contribution in [-0.2, 0) is 13.6 Å². The summed E-state index contributed by atoms with van der Waals surface area (Å²) in [5, 5.41) is 7.49. The van der Waals surface area contributed by atoms with Crippen LogP contribution < -0.4 is 0 Å². The molecule has 16 heavy (non-hydrogen) atoms. The Balaban J connectivity index is 5.37.